The van der Waals surface area contributed by atoms with Crippen LogP contribution in [0.15, 0.2) is 66.2 Å². The van der Waals surface area contributed by atoms with Crippen molar-refractivity contribution in [1.29, 1.82) is 0 Å². The number of hydrogen-bond acceptors (Lipinski definition) is 7. The molecule has 37 heavy (non-hydrogen) atoms. The number of rotatable bonds is 7. The zero-order valence-corrected chi connectivity index (χ0v) is 20.2. The third-order valence-corrected chi connectivity index (χ3v) is 6.66. The Morgan fingerprint density at radius 1 is 1.05 bits per heavy atom. The fraction of sp³-hybridized carbons (Fsp3) is 0.296. The fourth-order valence-electron chi connectivity index (χ4n) is 4.82. The molecule has 4 heterocycles. The van der Waals surface area contributed by atoms with Gasteiger partial charge in [0.2, 0.25) is 11.8 Å². The van der Waals surface area contributed by atoms with Crippen LogP contribution in [0.1, 0.15) is 42.5 Å². The number of amides is 2. The molecule has 1 aromatic carbocycles. The molecule has 0 spiro atoms. The summed E-state index contributed by atoms with van der Waals surface area (Å²) in [5, 5.41) is 10.5. The summed E-state index contributed by atoms with van der Waals surface area (Å²) < 4.78 is 14.4. The van der Waals surface area contributed by atoms with Crippen LogP contribution >= 0.6 is 0 Å². The van der Waals surface area contributed by atoms with Crippen molar-refractivity contribution in [3.05, 3.63) is 77.9 Å². The Morgan fingerprint density at radius 2 is 1.86 bits per heavy atom. The third kappa shape index (κ3) is 5.13. The van der Waals surface area contributed by atoms with Crippen LogP contribution in [-0.4, -0.2) is 62.1 Å². The molecule has 0 saturated carbocycles. The molecule has 2 aliphatic heterocycles. The number of pyridine rings is 1. The number of aliphatic imine (C=N–C) groups is 1. The maximum absolute atomic E-state index is 14.4. The molecule has 2 aromatic heterocycles. The molecule has 1 unspecified atom stereocenters. The molecule has 10 heteroatoms. The zero-order chi connectivity index (χ0) is 25.9. The molecule has 2 amide bonds. The predicted octanol–water partition coefficient (Wildman–Crippen LogP) is 2.62. The molecule has 0 aliphatic carbocycles. The van der Waals surface area contributed by atoms with Gasteiger partial charge in [-0.2, -0.15) is 10.2 Å². The topological polar surface area (TPSA) is 118 Å². The van der Waals surface area contributed by atoms with E-state index >= 15 is 0 Å². The highest BCUT2D eigenvalue weighted by atomic mass is 19.1. The van der Waals surface area contributed by atoms with Crippen molar-refractivity contribution in [2.45, 2.75) is 44.6 Å². The Morgan fingerprint density at radius 3 is 2.59 bits per heavy atom. The molecular formula is C27H25FN6O3. The summed E-state index contributed by atoms with van der Waals surface area (Å²) in [6.07, 6.45) is 5.04. The lowest BCUT2D eigenvalue weighted by molar-refractivity contribution is -0.138. The second-order valence-electron chi connectivity index (χ2n) is 9.16. The van der Waals surface area contributed by atoms with Crippen molar-refractivity contribution in [2.75, 3.05) is 6.54 Å². The number of nitrogens with zero attached hydrogens (tertiary/aromatic N) is 5. The Labute approximate surface area is 212 Å². The van der Waals surface area contributed by atoms with Gasteiger partial charge in [0.05, 0.1) is 31.4 Å². The summed E-state index contributed by atoms with van der Waals surface area (Å²) in [5.74, 6) is -0.989. The number of hydrogen-bond donors (Lipinski definition) is 1. The van der Waals surface area contributed by atoms with Crippen LogP contribution in [0.2, 0.25) is 0 Å². The van der Waals surface area contributed by atoms with Gasteiger partial charge in [0.25, 0.3) is 0 Å². The van der Waals surface area contributed by atoms with E-state index in [0.29, 0.717) is 11.3 Å². The fourth-order valence-corrected chi connectivity index (χ4v) is 4.82. The normalized spacial score (nSPS) is 20.3. The first-order valence-corrected chi connectivity index (χ1v) is 12.0. The van der Waals surface area contributed by atoms with E-state index in [4.69, 9.17) is 0 Å². The molecule has 1 N–H and O–H groups in total. The highest BCUT2D eigenvalue weighted by Gasteiger charge is 2.41. The van der Waals surface area contributed by atoms with Crippen molar-refractivity contribution >= 4 is 23.3 Å². The molecule has 3 aromatic rings. The Hall–Kier alpha value is -4.34. The largest absolute Gasteiger partial charge is 0.350 e. The molecule has 3 atom stereocenters. The predicted molar refractivity (Wildman–Crippen MR) is 133 cm³/mol. The summed E-state index contributed by atoms with van der Waals surface area (Å²) in [7, 11) is 0. The van der Waals surface area contributed by atoms with Crippen LogP contribution in [0.25, 0.3) is 11.1 Å². The van der Waals surface area contributed by atoms with E-state index in [0.717, 1.165) is 22.3 Å². The van der Waals surface area contributed by atoms with Crippen LogP contribution in [0.3, 0.4) is 0 Å². The van der Waals surface area contributed by atoms with E-state index in [1.165, 1.54) is 11.8 Å². The van der Waals surface area contributed by atoms with Crippen LogP contribution in [0.4, 0.5) is 4.39 Å². The van der Waals surface area contributed by atoms with Gasteiger partial charge in [0, 0.05) is 43.4 Å². The minimum Gasteiger partial charge on any atom is -0.350 e. The lowest BCUT2D eigenvalue weighted by atomic mass is 9.94. The number of aromatic nitrogens is 3. The summed E-state index contributed by atoms with van der Waals surface area (Å²) in [5.41, 5.74) is 4.25. The van der Waals surface area contributed by atoms with E-state index < -0.39 is 24.2 Å². The van der Waals surface area contributed by atoms with Crippen LogP contribution in [0.5, 0.6) is 0 Å². The number of nitrogens with one attached hydrogen (secondary N) is 1. The van der Waals surface area contributed by atoms with E-state index in [1.807, 2.05) is 24.3 Å². The summed E-state index contributed by atoms with van der Waals surface area (Å²) >= 11 is 0. The first kappa shape index (κ1) is 24.4. The number of halogens is 1. The molecule has 0 bridgehead atoms. The summed E-state index contributed by atoms with van der Waals surface area (Å²) in [4.78, 5) is 48.3. The molecule has 9 nitrogen and oxygen atoms in total. The number of alkyl halides is 1. The van der Waals surface area contributed by atoms with Gasteiger partial charge in [0.15, 0.2) is 5.78 Å². The van der Waals surface area contributed by atoms with Gasteiger partial charge in [-0.3, -0.25) is 24.4 Å². The van der Waals surface area contributed by atoms with Gasteiger partial charge in [-0.15, -0.1) is 0 Å². The Balaban J connectivity index is 1.33. The lowest BCUT2D eigenvalue weighted by Gasteiger charge is -2.24. The molecule has 2 aliphatic rings. The number of Topliss-reactive ketones (excluding diaryl/α,β-unsaturated/α-hetero) is 1. The summed E-state index contributed by atoms with van der Waals surface area (Å²) in [6, 6.07) is 9.46. The first-order valence-electron chi connectivity index (χ1n) is 12.0. The average Bonchev–Trinajstić information content (AvgIpc) is 3.49. The standard InChI is InChI=1S/C27H25FN6O3/c1-16(35)26-22-10-18(19-6-9-31-32-14-19)2-3-21(22)23(33-26)12-25(36)34-15-20(28)11-24(34)27(37)30-13-17-4-7-29-8-5-17/h2-10,14,20,23-24H,11-13,15H2,1H3,(H,30,37)/t20-,23?,24+/m1/s1. The van der Waals surface area contributed by atoms with Gasteiger partial charge in [0.1, 0.15) is 17.9 Å². The first-order chi connectivity index (χ1) is 17.9. The number of benzene rings is 1. The monoisotopic (exact) mass is 500 g/mol. The highest BCUT2D eigenvalue weighted by Crippen LogP contribution is 2.36. The van der Waals surface area contributed by atoms with Gasteiger partial charge in [-0.1, -0.05) is 12.1 Å². The second kappa shape index (κ2) is 10.3. The SMILES string of the molecule is CC(=O)C1=NC(CC(=O)N2C[C@H](F)C[C@H]2C(=O)NCc2ccncc2)c2ccc(-c3ccnnc3)cc21. The molecular weight excluding hydrogens is 475 g/mol. The van der Waals surface area contributed by atoms with E-state index in [-0.39, 0.29) is 37.6 Å². The minimum absolute atomic E-state index is 0.0551. The number of likely N-dealkylation sites (tertiary alicyclic amines) is 1. The molecule has 1 saturated heterocycles. The number of fused-ring (bicyclic) bond motifs is 1. The van der Waals surface area contributed by atoms with Crippen molar-refractivity contribution in [3.63, 3.8) is 0 Å². The number of carbonyl (C=O) groups is 3. The Bertz CT molecular complexity index is 1370. The van der Waals surface area contributed by atoms with Crippen molar-refractivity contribution in [1.82, 2.24) is 25.4 Å². The quantitative estimate of drug-likeness (QED) is 0.533. The van der Waals surface area contributed by atoms with Crippen LogP contribution < -0.4 is 5.32 Å². The van der Waals surface area contributed by atoms with Gasteiger partial charge < -0.3 is 10.2 Å². The summed E-state index contributed by atoms with van der Waals surface area (Å²) in [6.45, 7) is 1.54. The molecule has 0 radical (unpaired) electrons. The highest BCUT2D eigenvalue weighted by molar-refractivity contribution is 6.46. The van der Waals surface area contributed by atoms with Crippen molar-refractivity contribution in [2.24, 2.45) is 4.99 Å². The maximum Gasteiger partial charge on any atom is 0.243 e. The zero-order valence-electron chi connectivity index (χ0n) is 20.2. The molecule has 1 fully saturated rings. The molecule has 188 valence electrons. The van der Waals surface area contributed by atoms with Crippen LogP contribution in [0, 0.1) is 0 Å². The smallest absolute Gasteiger partial charge is 0.243 e. The number of carbonyl (C=O) groups excluding carboxylic acids is 3. The number of ketones is 1. The van der Waals surface area contributed by atoms with Gasteiger partial charge in [-0.05, 0) is 41.0 Å². The second-order valence-corrected chi connectivity index (χ2v) is 9.16. The third-order valence-electron chi connectivity index (χ3n) is 6.66. The molecule has 5 rings (SSSR count). The van der Waals surface area contributed by atoms with Gasteiger partial charge in [-0.25, -0.2) is 4.39 Å². The van der Waals surface area contributed by atoms with Crippen molar-refractivity contribution in [3.8, 4) is 11.1 Å². The minimum atomic E-state index is -1.29. The van der Waals surface area contributed by atoms with Crippen molar-refractivity contribution < 1.29 is 18.8 Å². The van der Waals surface area contributed by atoms with Gasteiger partial charge >= 0.3 is 0 Å². The Kier molecular flexibility index (Phi) is 6.80. The van der Waals surface area contributed by atoms with E-state index in [9.17, 15) is 18.8 Å². The average molecular weight is 501 g/mol. The van der Waals surface area contributed by atoms with E-state index in [2.05, 4.69) is 25.5 Å². The van der Waals surface area contributed by atoms with E-state index in [1.54, 1.807) is 36.9 Å². The maximum atomic E-state index is 14.4. The lowest BCUT2D eigenvalue weighted by Crippen LogP contribution is -2.46. The van der Waals surface area contributed by atoms with Crippen LogP contribution in [-0.2, 0) is 20.9 Å².